The van der Waals surface area contributed by atoms with Crippen LogP contribution in [0.1, 0.15) is 48.2 Å². The highest BCUT2D eigenvalue weighted by Gasteiger charge is 2.47. The Morgan fingerprint density at radius 1 is 1.00 bits per heavy atom. The number of aromatic nitrogens is 2. The van der Waals surface area contributed by atoms with Crippen molar-refractivity contribution in [3.05, 3.63) is 63.8 Å². The second kappa shape index (κ2) is 10.6. The van der Waals surface area contributed by atoms with Crippen LogP contribution in [0.15, 0.2) is 42.5 Å². The van der Waals surface area contributed by atoms with Gasteiger partial charge in [-0.25, -0.2) is 4.68 Å². The molecule has 7 rings (SSSR count). The van der Waals surface area contributed by atoms with E-state index in [2.05, 4.69) is 10.6 Å². The standard InChI is InChI=1S/C30H34Cl2N4O2/c1-17-27(30(37)34-10-9-33-28-21-12-18-11-19(14-21)15-22(28)13-18)35-36(26-8-5-23(31)16-25(26)32)29(17)20-3-6-24(38-2)7-4-20/h3-8,16,18-19,21-22,28,33H,9-15H2,1-2H3,(H,34,37)/t18-,19+,21-,22+,28?. The Labute approximate surface area is 234 Å². The second-order valence-corrected chi connectivity index (χ2v) is 12.1. The molecule has 8 heteroatoms. The lowest BCUT2D eigenvalue weighted by Crippen LogP contribution is -2.55. The molecule has 0 aliphatic heterocycles. The molecular formula is C30H34Cl2N4O2. The number of hydrogen-bond acceptors (Lipinski definition) is 4. The van der Waals surface area contributed by atoms with Crippen LogP contribution >= 0.6 is 23.2 Å². The molecule has 38 heavy (non-hydrogen) atoms. The third-order valence-electron chi connectivity index (χ3n) is 8.86. The molecule has 4 aliphatic carbocycles. The van der Waals surface area contributed by atoms with E-state index in [1.54, 1.807) is 23.9 Å². The molecule has 1 aromatic heterocycles. The first-order valence-electron chi connectivity index (χ1n) is 13.6. The first kappa shape index (κ1) is 25.7. The predicted octanol–water partition coefficient (Wildman–Crippen LogP) is 6.31. The number of nitrogens with zero attached hydrogens (tertiary/aromatic N) is 2. The SMILES string of the molecule is COc1ccc(-c2c(C)c(C(=O)NCCNC3[C@H]4C[C@@H]5C[C@@H](C[C@H]3C5)C4)nn2-c2ccc(Cl)cc2Cl)cc1. The van der Waals surface area contributed by atoms with Crippen molar-refractivity contribution in [1.82, 2.24) is 20.4 Å². The molecule has 200 valence electrons. The molecule has 4 aliphatic rings. The highest BCUT2D eigenvalue weighted by atomic mass is 35.5. The third kappa shape index (κ3) is 4.83. The molecule has 6 nitrogen and oxygen atoms in total. The number of ether oxygens (including phenoxy) is 1. The number of hydrogen-bond donors (Lipinski definition) is 2. The summed E-state index contributed by atoms with van der Waals surface area (Å²) >= 11 is 12.7. The fraction of sp³-hybridized carbons (Fsp3) is 0.467. The van der Waals surface area contributed by atoms with E-state index in [1.165, 1.54) is 32.1 Å². The third-order valence-corrected chi connectivity index (χ3v) is 9.39. The van der Waals surface area contributed by atoms with E-state index in [0.717, 1.165) is 52.8 Å². The first-order chi connectivity index (χ1) is 18.4. The summed E-state index contributed by atoms with van der Waals surface area (Å²) in [5, 5.41) is 12.6. The van der Waals surface area contributed by atoms with Crippen LogP contribution in [0.2, 0.25) is 10.0 Å². The number of carbonyl (C=O) groups is 1. The summed E-state index contributed by atoms with van der Waals surface area (Å²) in [5.74, 6) is 4.12. The molecule has 4 saturated carbocycles. The fourth-order valence-electron chi connectivity index (χ4n) is 7.38. The molecule has 0 atom stereocenters. The zero-order valence-corrected chi connectivity index (χ0v) is 23.4. The van der Waals surface area contributed by atoms with E-state index in [9.17, 15) is 4.79 Å². The van der Waals surface area contributed by atoms with E-state index in [-0.39, 0.29) is 5.91 Å². The number of nitrogens with one attached hydrogen (secondary N) is 2. The lowest BCUT2D eigenvalue weighted by atomic mass is 9.54. The van der Waals surface area contributed by atoms with Crippen LogP contribution in [-0.2, 0) is 0 Å². The van der Waals surface area contributed by atoms with Gasteiger partial charge in [0.25, 0.3) is 5.91 Å². The monoisotopic (exact) mass is 552 g/mol. The number of carbonyl (C=O) groups excluding carboxylic acids is 1. The van der Waals surface area contributed by atoms with Gasteiger partial charge in [0, 0.05) is 35.3 Å². The Balaban J connectivity index is 1.20. The highest BCUT2D eigenvalue weighted by Crippen LogP contribution is 2.53. The van der Waals surface area contributed by atoms with Crippen molar-refractivity contribution in [2.45, 2.75) is 45.1 Å². The predicted molar refractivity (Wildman–Crippen MR) is 151 cm³/mol. The van der Waals surface area contributed by atoms with Crippen molar-refractivity contribution in [3.8, 4) is 22.7 Å². The molecule has 1 amide bonds. The Morgan fingerprint density at radius 2 is 1.68 bits per heavy atom. The van der Waals surface area contributed by atoms with Gasteiger partial charge >= 0.3 is 0 Å². The number of methoxy groups -OCH3 is 1. The van der Waals surface area contributed by atoms with Gasteiger partial charge in [-0.1, -0.05) is 23.2 Å². The summed E-state index contributed by atoms with van der Waals surface area (Å²) in [4.78, 5) is 13.3. The fourth-order valence-corrected chi connectivity index (χ4v) is 7.87. The van der Waals surface area contributed by atoms with Gasteiger partial charge in [-0.05, 0) is 105 Å². The van der Waals surface area contributed by atoms with Crippen LogP contribution in [0, 0.1) is 30.6 Å². The molecule has 0 spiro atoms. The lowest BCUT2D eigenvalue weighted by molar-refractivity contribution is -0.0133. The topological polar surface area (TPSA) is 68.2 Å². The summed E-state index contributed by atoms with van der Waals surface area (Å²) in [7, 11) is 1.64. The van der Waals surface area contributed by atoms with Crippen molar-refractivity contribution in [3.63, 3.8) is 0 Å². The van der Waals surface area contributed by atoms with E-state index >= 15 is 0 Å². The summed E-state index contributed by atoms with van der Waals surface area (Å²) in [5.41, 5.74) is 3.54. The van der Waals surface area contributed by atoms with Gasteiger partial charge in [0.15, 0.2) is 5.69 Å². The summed E-state index contributed by atoms with van der Waals surface area (Å²) in [6.07, 6.45) is 7.00. The molecule has 3 aromatic rings. The van der Waals surface area contributed by atoms with Crippen molar-refractivity contribution >= 4 is 29.1 Å². The number of halogens is 2. The summed E-state index contributed by atoms with van der Waals surface area (Å²) in [6.45, 7) is 3.26. The number of amides is 1. The van der Waals surface area contributed by atoms with Crippen LogP contribution in [-0.4, -0.2) is 41.9 Å². The molecule has 1 heterocycles. The van der Waals surface area contributed by atoms with Crippen molar-refractivity contribution in [1.29, 1.82) is 0 Å². The zero-order valence-electron chi connectivity index (χ0n) is 21.8. The van der Waals surface area contributed by atoms with Crippen LogP contribution < -0.4 is 15.4 Å². The lowest BCUT2D eigenvalue weighted by Gasteiger charge is -2.54. The minimum absolute atomic E-state index is 0.187. The number of benzene rings is 2. The maximum atomic E-state index is 13.3. The second-order valence-electron chi connectivity index (χ2n) is 11.2. The average Bonchev–Trinajstić information content (AvgIpc) is 3.24. The molecular weight excluding hydrogens is 519 g/mol. The highest BCUT2D eigenvalue weighted by molar-refractivity contribution is 6.35. The quantitative estimate of drug-likeness (QED) is 0.321. The summed E-state index contributed by atoms with van der Waals surface area (Å²) in [6, 6.07) is 13.6. The van der Waals surface area contributed by atoms with Gasteiger partial charge in [-0.15, -0.1) is 0 Å². The smallest absolute Gasteiger partial charge is 0.272 e. The maximum Gasteiger partial charge on any atom is 0.272 e. The molecule has 4 fully saturated rings. The average molecular weight is 554 g/mol. The van der Waals surface area contributed by atoms with Gasteiger partial charge in [-0.3, -0.25) is 4.79 Å². The van der Waals surface area contributed by atoms with Crippen molar-refractivity contribution in [2.75, 3.05) is 20.2 Å². The molecule has 4 bridgehead atoms. The Hall–Kier alpha value is -2.54. The van der Waals surface area contributed by atoms with Gasteiger partial charge in [0.1, 0.15) is 5.75 Å². The molecule has 2 aromatic carbocycles. The molecule has 0 radical (unpaired) electrons. The van der Waals surface area contributed by atoms with E-state index in [4.69, 9.17) is 33.0 Å². The largest absolute Gasteiger partial charge is 0.497 e. The van der Waals surface area contributed by atoms with Crippen molar-refractivity contribution < 1.29 is 9.53 Å². The normalized spacial score (nSPS) is 25.5. The minimum Gasteiger partial charge on any atom is -0.497 e. The summed E-state index contributed by atoms with van der Waals surface area (Å²) < 4.78 is 7.06. The van der Waals surface area contributed by atoms with Crippen LogP contribution in [0.3, 0.4) is 0 Å². The Bertz CT molecular complexity index is 1310. The molecule has 0 unspecified atom stereocenters. The van der Waals surface area contributed by atoms with E-state index < -0.39 is 0 Å². The minimum atomic E-state index is -0.187. The van der Waals surface area contributed by atoms with E-state index in [1.807, 2.05) is 37.3 Å². The van der Waals surface area contributed by atoms with Gasteiger partial charge in [-0.2, -0.15) is 5.10 Å². The van der Waals surface area contributed by atoms with Gasteiger partial charge < -0.3 is 15.4 Å². The van der Waals surface area contributed by atoms with Gasteiger partial charge in [0.05, 0.1) is 23.5 Å². The van der Waals surface area contributed by atoms with Crippen LogP contribution in [0.4, 0.5) is 0 Å². The molecule has 0 saturated heterocycles. The van der Waals surface area contributed by atoms with Crippen molar-refractivity contribution in [2.24, 2.45) is 23.7 Å². The maximum absolute atomic E-state index is 13.3. The number of rotatable bonds is 8. The van der Waals surface area contributed by atoms with Crippen LogP contribution in [0.25, 0.3) is 16.9 Å². The van der Waals surface area contributed by atoms with Crippen LogP contribution in [0.5, 0.6) is 5.75 Å². The first-order valence-corrected chi connectivity index (χ1v) is 14.4. The van der Waals surface area contributed by atoms with Gasteiger partial charge in [0.2, 0.25) is 0 Å². The Kier molecular flexibility index (Phi) is 7.14. The zero-order chi connectivity index (χ0) is 26.4. The Morgan fingerprint density at radius 3 is 2.32 bits per heavy atom. The molecule has 2 N–H and O–H groups in total. The van der Waals surface area contributed by atoms with E-state index in [0.29, 0.717) is 34.0 Å².